The Kier molecular flexibility index (Phi) is 6.37. The van der Waals surface area contributed by atoms with E-state index < -0.39 is 5.97 Å². The first-order valence-electron chi connectivity index (χ1n) is 7.30. The molecule has 0 heterocycles. The Morgan fingerprint density at radius 3 is 2.46 bits per heavy atom. The summed E-state index contributed by atoms with van der Waals surface area (Å²) in [5.41, 5.74) is 1.36. The molecule has 0 spiro atoms. The Labute approximate surface area is 149 Å². The van der Waals surface area contributed by atoms with Gasteiger partial charge in [0.25, 0.3) is 5.91 Å². The molecular weight excluding hydrogens is 374 g/mol. The van der Waals surface area contributed by atoms with Gasteiger partial charge in [-0.15, -0.1) is 0 Å². The van der Waals surface area contributed by atoms with E-state index in [2.05, 4.69) is 15.9 Å². The van der Waals surface area contributed by atoms with E-state index in [1.54, 1.807) is 32.4 Å². The van der Waals surface area contributed by atoms with Crippen LogP contribution in [0.4, 0.5) is 0 Å². The van der Waals surface area contributed by atoms with Gasteiger partial charge in [0, 0.05) is 13.6 Å². The Bertz CT molecular complexity index is 718. The lowest BCUT2D eigenvalue weighted by molar-refractivity contribution is -0.133. The number of esters is 1. The number of benzene rings is 2. The Morgan fingerprint density at radius 2 is 1.83 bits per heavy atom. The summed E-state index contributed by atoms with van der Waals surface area (Å²) in [5, 5.41) is 0. The van der Waals surface area contributed by atoms with Crippen LogP contribution in [-0.2, 0) is 16.1 Å². The van der Waals surface area contributed by atoms with Crippen molar-refractivity contribution in [3.63, 3.8) is 0 Å². The number of methoxy groups -OCH3 is 1. The summed E-state index contributed by atoms with van der Waals surface area (Å²) >= 11 is 3.31. The van der Waals surface area contributed by atoms with Crippen molar-refractivity contribution < 1.29 is 19.1 Å². The van der Waals surface area contributed by atoms with Gasteiger partial charge in [0.2, 0.25) is 0 Å². The van der Waals surface area contributed by atoms with E-state index in [-0.39, 0.29) is 12.5 Å². The zero-order valence-electron chi connectivity index (χ0n) is 13.5. The average Bonchev–Trinajstić information content (AvgIpc) is 2.60. The average molecular weight is 392 g/mol. The number of nitrogens with zero attached hydrogens (tertiary/aromatic N) is 1. The van der Waals surface area contributed by atoms with Crippen LogP contribution < -0.4 is 4.74 Å². The van der Waals surface area contributed by atoms with Crippen molar-refractivity contribution >= 4 is 27.8 Å². The lowest BCUT2D eigenvalue weighted by Gasteiger charge is -2.17. The normalized spacial score (nSPS) is 10.1. The number of hydrogen-bond donors (Lipinski definition) is 0. The molecule has 0 aliphatic heterocycles. The molecule has 2 rings (SSSR count). The summed E-state index contributed by atoms with van der Waals surface area (Å²) in [6, 6.07) is 14.5. The molecule has 0 saturated carbocycles. The van der Waals surface area contributed by atoms with Gasteiger partial charge in [0.1, 0.15) is 5.75 Å². The number of carbonyl (C=O) groups excluding carboxylic acids is 2. The molecule has 5 nitrogen and oxygen atoms in total. The topological polar surface area (TPSA) is 55.8 Å². The highest BCUT2D eigenvalue weighted by Gasteiger charge is 2.15. The summed E-state index contributed by atoms with van der Waals surface area (Å²) in [7, 11) is 3.21. The Balaban J connectivity index is 1.88. The number of hydrogen-bond acceptors (Lipinski definition) is 4. The number of amides is 1. The van der Waals surface area contributed by atoms with Crippen LogP contribution in [0.2, 0.25) is 0 Å². The predicted molar refractivity (Wildman–Crippen MR) is 93.9 cm³/mol. The van der Waals surface area contributed by atoms with Crippen LogP contribution in [0.25, 0.3) is 0 Å². The quantitative estimate of drug-likeness (QED) is 0.709. The van der Waals surface area contributed by atoms with E-state index in [4.69, 9.17) is 9.47 Å². The summed E-state index contributed by atoms with van der Waals surface area (Å²) in [5.74, 6) is -0.204. The maximum Gasteiger partial charge on any atom is 0.338 e. The van der Waals surface area contributed by atoms with E-state index in [0.29, 0.717) is 22.3 Å². The third kappa shape index (κ3) is 4.83. The van der Waals surface area contributed by atoms with Crippen molar-refractivity contribution in [2.45, 2.75) is 6.54 Å². The van der Waals surface area contributed by atoms with E-state index in [0.717, 1.165) is 5.56 Å². The first kappa shape index (κ1) is 18.0. The van der Waals surface area contributed by atoms with Crippen LogP contribution >= 0.6 is 15.9 Å². The third-order valence-electron chi connectivity index (χ3n) is 3.40. The second kappa shape index (κ2) is 8.49. The monoisotopic (exact) mass is 391 g/mol. The fourth-order valence-electron chi connectivity index (χ4n) is 2.06. The molecule has 0 saturated heterocycles. The molecule has 6 heteroatoms. The van der Waals surface area contributed by atoms with Crippen molar-refractivity contribution in [3.8, 4) is 5.75 Å². The van der Waals surface area contributed by atoms with E-state index >= 15 is 0 Å². The van der Waals surface area contributed by atoms with Crippen molar-refractivity contribution in [1.29, 1.82) is 0 Å². The smallest absolute Gasteiger partial charge is 0.338 e. The summed E-state index contributed by atoms with van der Waals surface area (Å²) in [6.45, 7) is 0.164. The lowest BCUT2D eigenvalue weighted by Crippen LogP contribution is -2.30. The van der Waals surface area contributed by atoms with Gasteiger partial charge in [-0.25, -0.2) is 4.79 Å². The highest BCUT2D eigenvalue weighted by Crippen LogP contribution is 2.25. The molecule has 0 atom stereocenters. The molecule has 0 aromatic heterocycles. The van der Waals surface area contributed by atoms with Crippen LogP contribution in [-0.4, -0.2) is 37.5 Å². The fourth-order valence-corrected chi connectivity index (χ4v) is 2.60. The van der Waals surface area contributed by atoms with Crippen LogP contribution in [0.15, 0.2) is 53.0 Å². The molecule has 0 aliphatic rings. The van der Waals surface area contributed by atoms with Crippen LogP contribution in [0.5, 0.6) is 5.75 Å². The van der Waals surface area contributed by atoms with Gasteiger partial charge in [0.15, 0.2) is 6.61 Å². The maximum absolute atomic E-state index is 12.1. The Morgan fingerprint density at radius 1 is 1.12 bits per heavy atom. The van der Waals surface area contributed by atoms with Gasteiger partial charge in [-0.05, 0) is 39.7 Å². The number of rotatable bonds is 6. The standard InChI is InChI=1S/C18H18BrNO4/c1-20(11-13-6-4-3-5-7-13)17(21)12-24-18(22)14-8-9-16(23-2)15(19)10-14/h3-10H,11-12H2,1-2H3. The van der Waals surface area contributed by atoms with Crippen LogP contribution in [0.1, 0.15) is 15.9 Å². The van der Waals surface area contributed by atoms with Gasteiger partial charge in [-0.3, -0.25) is 4.79 Å². The molecular formula is C18H18BrNO4. The van der Waals surface area contributed by atoms with Gasteiger partial charge in [-0.2, -0.15) is 0 Å². The molecule has 126 valence electrons. The summed E-state index contributed by atoms with van der Waals surface area (Å²) < 4.78 is 10.8. The predicted octanol–water partition coefficient (Wildman–Crippen LogP) is 3.27. The lowest BCUT2D eigenvalue weighted by atomic mass is 10.2. The number of carbonyl (C=O) groups is 2. The number of halogens is 1. The van der Waals surface area contributed by atoms with Gasteiger partial charge < -0.3 is 14.4 Å². The third-order valence-corrected chi connectivity index (χ3v) is 4.02. The van der Waals surface area contributed by atoms with Crippen molar-refractivity contribution in [3.05, 3.63) is 64.1 Å². The number of ether oxygens (including phenoxy) is 2. The second-order valence-electron chi connectivity index (χ2n) is 5.16. The van der Waals surface area contributed by atoms with Gasteiger partial charge >= 0.3 is 5.97 Å². The molecule has 2 aromatic rings. The molecule has 0 bridgehead atoms. The summed E-state index contributed by atoms with van der Waals surface area (Å²) in [4.78, 5) is 25.6. The van der Waals surface area contributed by atoms with Crippen molar-refractivity contribution in [1.82, 2.24) is 4.90 Å². The van der Waals surface area contributed by atoms with E-state index in [1.807, 2.05) is 30.3 Å². The maximum atomic E-state index is 12.1. The van der Waals surface area contributed by atoms with E-state index in [1.165, 1.54) is 4.90 Å². The SMILES string of the molecule is COc1ccc(C(=O)OCC(=O)N(C)Cc2ccccc2)cc1Br. The minimum absolute atomic E-state index is 0.264. The zero-order valence-corrected chi connectivity index (χ0v) is 15.1. The highest BCUT2D eigenvalue weighted by molar-refractivity contribution is 9.10. The molecule has 0 unspecified atom stereocenters. The van der Waals surface area contributed by atoms with Gasteiger partial charge in [0.05, 0.1) is 17.1 Å². The fraction of sp³-hybridized carbons (Fsp3) is 0.222. The van der Waals surface area contributed by atoms with Crippen molar-refractivity contribution in [2.75, 3.05) is 20.8 Å². The molecule has 2 aromatic carbocycles. The zero-order chi connectivity index (χ0) is 17.5. The Hall–Kier alpha value is -2.34. The van der Waals surface area contributed by atoms with E-state index in [9.17, 15) is 9.59 Å². The van der Waals surface area contributed by atoms with Crippen molar-refractivity contribution in [2.24, 2.45) is 0 Å². The van der Waals surface area contributed by atoms with Crippen LogP contribution in [0.3, 0.4) is 0 Å². The summed E-state index contributed by atoms with van der Waals surface area (Å²) in [6.07, 6.45) is 0. The van der Waals surface area contributed by atoms with Gasteiger partial charge in [-0.1, -0.05) is 30.3 Å². The second-order valence-corrected chi connectivity index (χ2v) is 6.02. The minimum atomic E-state index is -0.556. The highest BCUT2D eigenvalue weighted by atomic mass is 79.9. The molecule has 0 N–H and O–H groups in total. The first-order chi connectivity index (χ1) is 11.5. The number of likely N-dealkylation sites (N-methyl/N-ethyl adjacent to an activating group) is 1. The molecule has 0 aliphatic carbocycles. The van der Waals surface area contributed by atoms with Crippen LogP contribution in [0, 0.1) is 0 Å². The molecule has 24 heavy (non-hydrogen) atoms. The molecule has 0 radical (unpaired) electrons. The first-order valence-corrected chi connectivity index (χ1v) is 8.09. The molecule has 1 amide bonds. The minimum Gasteiger partial charge on any atom is -0.496 e. The molecule has 0 fully saturated rings. The largest absolute Gasteiger partial charge is 0.496 e.